The standard InChI is InChI=1S/C13H20N2/c1-11-2-6-13(14,7-3-11)10-12-4-8-15-9-5-12/h4-5,8-9,11H,2-3,6-7,10,14H2,1H3. The molecule has 82 valence electrons. The number of nitrogens with zero attached hydrogens (tertiary/aromatic N) is 1. The van der Waals surface area contributed by atoms with Crippen LogP contribution in [0.4, 0.5) is 0 Å². The van der Waals surface area contributed by atoms with Crippen molar-refractivity contribution in [2.75, 3.05) is 0 Å². The van der Waals surface area contributed by atoms with Gasteiger partial charge in [0.2, 0.25) is 0 Å². The Hall–Kier alpha value is -0.890. The number of rotatable bonds is 2. The fourth-order valence-corrected chi connectivity index (χ4v) is 2.42. The minimum Gasteiger partial charge on any atom is -0.325 e. The maximum Gasteiger partial charge on any atom is 0.0270 e. The smallest absolute Gasteiger partial charge is 0.0270 e. The van der Waals surface area contributed by atoms with E-state index in [0.717, 1.165) is 25.2 Å². The molecule has 2 N–H and O–H groups in total. The van der Waals surface area contributed by atoms with E-state index in [9.17, 15) is 0 Å². The third-order valence-electron chi connectivity index (χ3n) is 3.58. The average Bonchev–Trinajstić information content (AvgIpc) is 2.24. The summed E-state index contributed by atoms with van der Waals surface area (Å²) in [6.07, 6.45) is 9.59. The monoisotopic (exact) mass is 204 g/mol. The summed E-state index contributed by atoms with van der Waals surface area (Å²) >= 11 is 0. The van der Waals surface area contributed by atoms with Crippen LogP contribution >= 0.6 is 0 Å². The molecule has 1 aliphatic carbocycles. The maximum absolute atomic E-state index is 6.43. The first-order valence-electron chi connectivity index (χ1n) is 5.86. The first-order valence-corrected chi connectivity index (χ1v) is 5.86. The highest BCUT2D eigenvalue weighted by Crippen LogP contribution is 2.32. The van der Waals surface area contributed by atoms with Gasteiger partial charge in [-0.15, -0.1) is 0 Å². The molecule has 1 aromatic rings. The highest BCUT2D eigenvalue weighted by molar-refractivity contribution is 5.14. The van der Waals surface area contributed by atoms with E-state index in [0.29, 0.717) is 0 Å². The second kappa shape index (κ2) is 4.31. The second-order valence-corrected chi connectivity index (χ2v) is 5.08. The quantitative estimate of drug-likeness (QED) is 0.804. The predicted octanol–water partition coefficient (Wildman–Crippen LogP) is 2.53. The van der Waals surface area contributed by atoms with E-state index in [1.165, 1.54) is 18.4 Å². The molecular weight excluding hydrogens is 184 g/mol. The molecule has 1 saturated carbocycles. The van der Waals surface area contributed by atoms with Crippen molar-refractivity contribution >= 4 is 0 Å². The van der Waals surface area contributed by atoms with Crippen molar-refractivity contribution in [2.45, 2.75) is 44.6 Å². The van der Waals surface area contributed by atoms with E-state index in [2.05, 4.69) is 24.0 Å². The number of aromatic nitrogens is 1. The van der Waals surface area contributed by atoms with Crippen molar-refractivity contribution in [3.05, 3.63) is 30.1 Å². The lowest BCUT2D eigenvalue weighted by Gasteiger charge is -2.36. The van der Waals surface area contributed by atoms with E-state index >= 15 is 0 Å². The van der Waals surface area contributed by atoms with Gasteiger partial charge in [-0.3, -0.25) is 4.98 Å². The van der Waals surface area contributed by atoms with E-state index in [1.807, 2.05) is 12.4 Å². The van der Waals surface area contributed by atoms with Gasteiger partial charge in [0.05, 0.1) is 0 Å². The van der Waals surface area contributed by atoms with Crippen LogP contribution in [-0.4, -0.2) is 10.5 Å². The van der Waals surface area contributed by atoms with Crippen LogP contribution in [0.3, 0.4) is 0 Å². The SMILES string of the molecule is CC1CCC(N)(Cc2ccncc2)CC1. The van der Waals surface area contributed by atoms with Crippen molar-refractivity contribution in [3.63, 3.8) is 0 Å². The molecule has 2 heteroatoms. The largest absolute Gasteiger partial charge is 0.325 e. The molecule has 0 saturated heterocycles. The predicted molar refractivity (Wildman–Crippen MR) is 62.5 cm³/mol. The number of hydrogen-bond acceptors (Lipinski definition) is 2. The van der Waals surface area contributed by atoms with Gasteiger partial charge in [-0.25, -0.2) is 0 Å². The highest BCUT2D eigenvalue weighted by Gasteiger charge is 2.29. The van der Waals surface area contributed by atoms with Crippen LogP contribution in [0.15, 0.2) is 24.5 Å². The molecule has 1 fully saturated rings. The molecule has 2 rings (SSSR count). The Bertz CT molecular complexity index is 300. The summed E-state index contributed by atoms with van der Waals surface area (Å²) in [5, 5.41) is 0. The average molecular weight is 204 g/mol. The number of nitrogens with two attached hydrogens (primary N) is 1. The number of pyridine rings is 1. The Morgan fingerprint density at radius 3 is 2.53 bits per heavy atom. The van der Waals surface area contributed by atoms with Crippen LogP contribution in [0.5, 0.6) is 0 Å². The summed E-state index contributed by atoms with van der Waals surface area (Å²) in [6.45, 7) is 2.33. The van der Waals surface area contributed by atoms with Gasteiger partial charge in [-0.2, -0.15) is 0 Å². The Kier molecular flexibility index (Phi) is 3.06. The molecule has 15 heavy (non-hydrogen) atoms. The zero-order valence-corrected chi connectivity index (χ0v) is 9.45. The molecule has 0 bridgehead atoms. The molecule has 0 aromatic carbocycles. The molecule has 1 heterocycles. The second-order valence-electron chi connectivity index (χ2n) is 5.08. The van der Waals surface area contributed by atoms with E-state index < -0.39 is 0 Å². The lowest BCUT2D eigenvalue weighted by Crippen LogP contribution is -2.45. The highest BCUT2D eigenvalue weighted by atomic mass is 14.7. The van der Waals surface area contributed by atoms with Gasteiger partial charge >= 0.3 is 0 Å². The van der Waals surface area contributed by atoms with Crippen molar-refractivity contribution in [1.82, 2.24) is 4.98 Å². The van der Waals surface area contributed by atoms with Gasteiger partial charge in [-0.05, 0) is 55.7 Å². The van der Waals surface area contributed by atoms with Gasteiger partial charge in [-0.1, -0.05) is 6.92 Å². The molecule has 0 atom stereocenters. The van der Waals surface area contributed by atoms with Crippen LogP contribution in [0, 0.1) is 5.92 Å². The molecular formula is C13H20N2. The van der Waals surface area contributed by atoms with Crippen LogP contribution in [0.2, 0.25) is 0 Å². The first-order chi connectivity index (χ1) is 7.18. The van der Waals surface area contributed by atoms with Gasteiger partial charge in [0, 0.05) is 17.9 Å². The minimum atomic E-state index is 0.0356. The molecule has 1 aliphatic rings. The minimum absolute atomic E-state index is 0.0356. The third kappa shape index (κ3) is 2.78. The lowest BCUT2D eigenvalue weighted by molar-refractivity contribution is 0.243. The molecule has 0 radical (unpaired) electrons. The molecule has 2 nitrogen and oxygen atoms in total. The molecule has 1 aromatic heterocycles. The van der Waals surface area contributed by atoms with Gasteiger partial charge in [0.25, 0.3) is 0 Å². The normalized spacial score (nSPS) is 31.5. The van der Waals surface area contributed by atoms with E-state index in [4.69, 9.17) is 5.73 Å². The Morgan fingerprint density at radius 1 is 1.33 bits per heavy atom. The van der Waals surface area contributed by atoms with Crippen molar-refractivity contribution in [2.24, 2.45) is 11.7 Å². The first kappa shape index (κ1) is 10.6. The third-order valence-corrected chi connectivity index (χ3v) is 3.58. The fourth-order valence-electron chi connectivity index (χ4n) is 2.42. The molecule has 0 aliphatic heterocycles. The Balaban J connectivity index is 1.99. The Labute approximate surface area is 91.9 Å². The molecule has 0 unspecified atom stereocenters. The van der Waals surface area contributed by atoms with Crippen LogP contribution in [-0.2, 0) is 6.42 Å². The van der Waals surface area contributed by atoms with Gasteiger partial charge < -0.3 is 5.73 Å². The summed E-state index contributed by atoms with van der Waals surface area (Å²) in [5.41, 5.74) is 7.79. The maximum atomic E-state index is 6.43. The summed E-state index contributed by atoms with van der Waals surface area (Å²) in [6, 6.07) is 4.15. The summed E-state index contributed by atoms with van der Waals surface area (Å²) in [4.78, 5) is 4.03. The van der Waals surface area contributed by atoms with Crippen molar-refractivity contribution in [1.29, 1.82) is 0 Å². The summed E-state index contributed by atoms with van der Waals surface area (Å²) in [5.74, 6) is 0.860. The van der Waals surface area contributed by atoms with E-state index in [1.54, 1.807) is 0 Å². The van der Waals surface area contributed by atoms with Gasteiger partial charge in [0.15, 0.2) is 0 Å². The van der Waals surface area contributed by atoms with Crippen LogP contribution < -0.4 is 5.73 Å². The van der Waals surface area contributed by atoms with Crippen molar-refractivity contribution < 1.29 is 0 Å². The fraction of sp³-hybridized carbons (Fsp3) is 0.615. The topological polar surface area (TPSA) is 38.9 Å². The summed E-state index contributed by atoms with van der Waals surface area (Å²) < 4.78 is 0. The van der Waals surface area contributed by atoms with Crippen LogP contribution in [0.1, 0.15) is 38.2 Å². The van der Waals surface area contributed by atoms with Crippen molar-refractivity contribution in [3.8, 4) is 0 Å². The number of hydrogen-bond donors (Lipinski definition) is 1. The van der Waals surface area contributed by atoms with Crippen LogP contribution in [0.25, 0.3) is 0 Å². The lowest BCUT2D eigenvalue weighted by atomic mass is 9.75. The summed E-state index contributed by atoms with van der Waals surface area (Å²) in [7, 11) is 0. The van der Waals surface area contributed by atoms with Gasteiger partial charge in [0.1, 0.15) is 0 Å². The zero-order valence-electron chi connectivity index (χ0n) is 9.45. The zero-order chi connectivity index (χ0) is 10.7. The Morgan fingerprint density at radius 2 is 1.93 bits per heavy atom. The van der Waals surface area contributed by atoms with E-state index in [-0.39, 0.29) is 5.54 Å². The molecule has 0 spiro atoms. The molecule has 0 amide bonds.